The van der Waals surface area contributed by atoms with Crippen molar-refractivity contribution in [2.24, 2.45) is 0 Å². The molecule has 6 nitrogen and oxygen atoms in total. The van der Waals surface area contributed by atoms with E-state index >= 15 is 0 Å². The summed E-state index contributed by atoms with van der Waals surface area (Å²) in [6.07, 6.45) is -5.73. The molecule has 164 valence electrons. The summed E-state index contributed by atoms with van der Waals surface area (Å²) in [6.45, 7) is 2.82. The van der Waals surface area contributed by atoms with Crippen molar-refractivity contribution in [1.29, 1.82) is 0 Å². The largest absolute Gasteiger partial charge is 0.521 e. The van der Waals surface area contributed by atoms with E-state index < -0.39 is 61.9 Å². The number of alkyl halides is 3. The number of ketones is 1. The molecule has 2 amide bonds. The third kappa shape index (κ3) is 4.87. The summed E-state index contributed by atoms with van der Waals surface area (Å²) in [5.41, 5.74) is -1.58. The van der Waals surface area contributed by atoms with E-state index in [0.29, 0.717) is 30.7 Å². The van der Waals surface area contributed by atoms with Crippen molar-refractivity contribution in [2.45, 2.75) is 50.6 Å². The lowest BCUT2D eigenvalue weighted by atomic mass is 10.0. The Labute approximate surface area is 180 Å². The van der Waals surface area contributed by atoms with Crippen LogP contribution in [0.15, 0.2) is 18.2 Å². The second-order valence-corrected chi connectivity index (χ2v) is 8.91. The molecular weight excluding hydrogens is 447 g/mol. The molecule has 0 saturated carbocycles. The molecule has 1 fully saturated rings. The number of carbonyl (C=O) groups is 4. The highest BCUT2D eigenvalue weighted by Gasteiger charge is 2.53. The average Bonchev–Trinajstić information content (AvgIpc) is 3.02. The first-order valence-corrected chi connectivity index (χ1v) is 10.3. The highest BCUT2D eigenvalue weighted by Crippen LogP contribution is 2.36. The van der Waals surface area contributed by atoms with Crippen LogP contribution in [0.5, 0.6) is 0 Å². The number of rotatable bonds is 5. The maximum Gasteiger partial charge on any atom is 0.521 e. The van der Waals surface area contributed by atoms with E-state index in [2.05, 4.69) is 0 Å². The van der Waals surface area contributed by atoms with Crippen molar-refractivity contribution in [1.82, 2.24) is 0 Å². The second-order valence-electron chi connectivity index (χ2n) is 7.12. The predicted octanol–water partition coefficient (Wildman–Crippen LogP) is 4.78. The lowest BCUT2D eigenvalue weighted by Gasteiger charge is -2.30. The number of nitrogens with zero attached hydrogens (tertiary/aromatic N) is 1. The zero-order valence-electron chi connectivity index (χ0n) is 16.2. The molecule has 1 aliphatic rings. The van der Waals surface area contributed by atoms with Crippen LogP contribution in [-0.4, -0.2) is 50.3 Å². The Morgan fingerprint density at radius 3 is 2.40 bits per heavy atom. The summed E-state index contributed by atoms with van der Waals surface area (Å²) in [5.74, 6) is -1.63. The third-order valence-electron chi connectivity index (χ3n) is 5.19. The number of hydrogen-bond donors (Lipinski definition) is 1. The Bertz CT molecular complexity index is 891. The average molecular weight is 467 g/mol. The standard InChI is InChI=1S/C19H19ClF3NO5S/c1-10-4-3-7-24(10,18(28)29)16(26)9-15(30-11(2)25)17(27)12-5-6-14(20)13(8-12)19(21,22)23/h5-6,8,10,15H,3-4,7,9H2,1-2H3/p+1/t10-,15?,24?/m1/s1. The third-order valence-corrected chi connectivity index (χ3v) is 6.52. The van der Waals surface area contributed by atoms with Gasteiger partial charge in [-0.25, -0.2) is 4.79 Å². The smallest absolute Gasteiger partial charge is 0.435 e. The Hall–Kier alpha value is -1.91. The minimum atomic E-state index is -4.80. The Kier molecular flexibility index (Phi) is 7.36. The fourth-order valence-electron chi connectivity index (χ4n) is 3.63. The van der Waals surface area contributed by atoms with Gasteiger partial charge in [-0.3, -0.25) is 9.59 Å². The number of carboxylic acid groups (broad SMARTS) is 1. The highest BCUT2D eigenvalue weighted by atomic mass is 35.5. The lowest BCUT2D eigenvalue weighted by molar-refractivity contribution is -0.792. The SMILES string of the molecule is CC(=O)SC(CC(=O)[N+]1(C(=O)O)CCC[C@H]1C)C(=O)c1ccc(Cl)c(C(F)(F)F)c1. The van der Waals surface area contributed by atoms with Crippen molar-refractivity contribution in [2.75, 3.05) is 6.54 Å². The number of amides is 2. The van der Waals surface area contributed by atoms with Gasteiger partial charge < -0.3 is 5.11 Å². The molecule has 2 rings (SSSR count). The molecule has 1 aromatic rings. The van der Waals surface area contributed by atoms with Gasteiger partial charge in [-0.2, -0.15) is 22.4 Å². The van der Waals surface area contributed by atoms with Crippen LogP contribution in [0, 0.1) is 0 Å². The van der Waals surface area contributed by atoms with Gasteiger partial charge in [0.15, 0.2) is 10.9 Å². The number of carbonyl (C=O) groups excluding carboxylic acids is 3. The first kappa shape index (κ1) is 24.4. The van der Waals surface area contributed by atoms with Gasteiger partial charge in [0.1, 0.15) is 6.04 Å². The number of thioether (sulfide) groups is 1. The number of benzene rings is 1. The summed E-state index contributed by atoms with van der Waals surface area (Å²) >= 11 is 6.07. The van der Waals surface area contributed by atoms with Crippen LogP contribution < -0.4 is 0 Å². The molecule has 0 bridgehead atoms. The predicted molar refractivity (Wildman–Crippen MR) is 104 cm³/mol. The van der Waals surface area contributed by atoms with Crippen LogP contribution in [0.25, 0.3) is 0 Å². The van der Waals surface area contributed by atoms with E-state index in [1.165, 1.54) is 0 Å². The molecule has 30 heavy (non-hydrogen) atoms. The molecule has 1 heterocycles. The number of halogens is 4. The summed E-state index contributed by atoms with van der Waals surface area (Å²) in [5, 5.41) is 7.20. The Balaban J connectivity index is 2.39. The normalized spacial score (nSPS) is 22.5. The zero-order chi connectivity index (χ0) is 22.9. The number of Topliss-reactive ketones (excluding diaryl/α,β-unsaturated/α-hetero) is 1. The van der Waals surface area contributed by atoms with Crippen LogP contribution in [0.4, 0.5) is 18.0 Å². The number of quaternary nitrogens is 1. The van der Waals surface area contributed by atoms with E-state index in [1.54, 1.807) is 6.92 Å². The van der Waals surface area contributed by atoms with E-state index in [0.717, 1.165) is 19.1 Å². The summed E-state index contributed by atoms with van der Waals surface area (Å²) < 4.78 is 38.5. The van der Waals surface area contributed by atoms with E-state index in [-0.39, 0.29) is 12.1 Å². The molecule has 11 heteroatoms. The van der Waals surface area contributed by atoms with Crippen molar-refractivity contribution >= 4 is 46.3 Å². The molecule has 0 radical (unpaired) electrons. The Morgan fingerprint density at radius 2 is 1.93 bits per heavy atom. The first-order valence-electron chi connectivity index (χ1n) is 9.03. The summed E-state index contributed by atoms with van der Waals surface area (Å²) in [4.78, 5) is 49.3. The van der Waals surface area contributed by atoms with Crippen molar-refractivity contribution < 1.29 is 41.9 Å². The Morgan fingerprint density at radius 1 is 1.30 bits per heavy atom. The highest BCUT2D eigenvalue weighted by molar-refractivity contribution is 8.14. The number of likely N-dealkylation sites (tertiary alicyclic amines) is 1. The fourth-order valence-corrected chi connectivity index (χ4v) is 4.72. The van der Waals surface area contributed by atoms with Crippen LogP contribution in [-0.2, 0) is 15.8 Å². The van der Waals surface area contributed by atoms with Gasteiger partial charge >= 0.3 is 18.2 Å². The van der Waals surface area contributed by atoms with Gasteiger partial charge in [0.25, 0.3) is 0 Å². The van der Waals surface area contributed by atoms with E-state index in [1.807, 2.05) is 0 Å². The molecule has 1 aliphatic heterocycles. The molecular formula is C19H20ClF3NO5S+. The van der Waals surface area contributed by atoms with Gasteiger partial charge in [0, 0.05) is 25.3 Å². The molecule has 1 aromatic carbocycles. The molecule has 3 atom stereocenters. The molecule has 0 spiro atoms. The van der Waals surface area contributed by atoms with Crippen molar-refractivity contribution in [3.63, 3.8) is 0 Å². The first-order chi connectivity index (χ1) is 13.8. The van der Waals surface area contributed by atoms with Crippen molar-refractivity contribution in [3.05, 3.63) is 34.3 Å². The zero-order valence-corrected chi connectivity index (χ0v) is 17.7. The topological polar surface area (TPSA) is 88.5 Å². The van der Waals surface area contributed by atoms with Crippen LogP contribution >= 0.6 is 23.4 Å². The monoisotopic (exact) mass is 466 g/mol. The minimum Gasteiger partial charge on any atom is -0.435 e. The molecule has 0 aliphatic carbocycles. The minimum absolute atomic E-state index is 0.0557. The molecule has 0 aromatic heterocycles. The van der Waals surface area contributed by atoms with E-state index in [4.69, 9.17) is 11.6 Å². The van der Waals surface area contributed by atoms with E-state index in [9.17, 15) is 37.5 Å². The summed E-state index contributed by atoms with van der Waals surface area (Å²) in [6, 6.07) is 2.06. The molecule has 1 N–H and O–H groups in total. The maximum absolute atomic E-state index is 13.1. The number of imide groups is 1. The van der Waals surface area contributed by atoms with Crippen LogP contribution in [0.1, 0.15) is 49.0 Å². The van der Waals surface area contributed by atoms with Crippen molar-refractivity contribution in [3.8, 4) is 0 Å². The van der Waals surface area contributed by atoms with Gasteiger partial charge in [0.2, 0.25) is 0 Å². The molecule has 2 unspecified atom stereocenters. The summed E-state index contributed by atoms with van der Waals surface area (Å²) in [7, 11) is 0. The van der Waals surface area contributed by atoms with Gasteiger partial charge in [0.05, 0.1) is 28.8 Å². The van der Waals surface area contributed by atoms with Crippen LogP contribution in [0.2, 0.25) is 5.02 Å². The quantitative estimate of drug-likeness (QED) is 0.496. The second kappa shape index (κ2) is 9.07. The van der Waals surface area contributed by atoms with Gasteiger partial charge in [-0.05, 0) is 25.1 Å². The van der Waals surface area contributed by atoms with Gasteiger partial charge in [-0.1, -0.05) is 23.4 Å². The fraction of sp³-hybridized carbons (Fsp3) is 0.474. The maximum atomic E-state index is 13.1. The molecule has 1 saturated heterocycles. The van der Waals surface area contributed by atoms with Gasteiger partial charge in [-0.15, -0.1) is 0 Å². The number of hydrogen-bond acceptors (Lipinski definition) is 5. The van der Waals surface area contributed by atoms with Crippen LogP contribution in [0.3, 0.4) is 0 Å². The lowest BCUT2D eigenvalue weighted by Crippen LogP contribution is -2.59.